The van der Waals surface area contributed by atoms with Crippen molar-refractivity contribution in [3.63, 3.8) is 0 Å². The van der Waals surface area contributed by atoms with Crippen molar-refractivity contribution in [3.05, 3.63) is 53.6 Å². The molecule has 1 amide bonds. The molecule has 0 atom stereocenters. The SMILES string of the molecule is Cc1cc(NC(=O)c2ccc(C(N)=S)cn2)ccn1. The van der Waals surface area contributed by atoms with E-state index in [2.05, 4.69) is 15.3 Å². The van der Waals surface area contributed by atoms with E-state index in [9.17, 15) is 4.79 Å². The van der Waals surface area contributed by atoms with Crippen molar-refractivity contribution in [2.24, 2.45) is 5.73 Å². The molecule has 2 aromatic rings. The van der Waals surface area contributed by atoms with Crippen molar-refractivity contribution in [1.29, 1.82) is 0 Å². The quantitative estimate of drug-likeness (QED) is 0.831. The molecule has 0 aromatic carbocycles. The molecule has 0 fully saturated rings. The molecule has 5 nitrogen and oxygen atoms in total. The molecule has 96 valence electrons. The Hall–Kier alpha value is -2.34. The number of nitrogens with two attached hydrogens (primary N) is 1. The maximum atomic E-state index is 11.9. The van der Waals surface area contributed by atoms with E-state index in [1.54, 1.807) is 30.5 Å². The van der Waals surface area contributed by atoms with E-state index >= 15 is 0 Å². The fourth-order valence-electron chi connectivity index (χ4n) is 1.49. The van der Waals surface area contributed by atoms with Gasteiger partial charge in [-0.2, -0.15) is 0 Å². The summed E-state index contributed by atoms with van der Waals surface area (Å²) >= 11 is 4.82. The van der Waals surface area contributed by atoms with Gasteiger partial charge >= 0.3 is 0 Å². The van der Waals surface area contributed by atoms with E-state index in [0.717, 1.165) is 5.69 Å². The first-order valence-electron chi connectivity index (χ1n) is 5.56. The lowest BCUT2D eigenvalue weighted by Crippen LogP contribution is -2.15. The molecule has 0 saturated heterocycles. The van der Waals surface area contributed by atoms with Gasteiger partial charge in [0.1, 0.15) is 10.7 Å². The number of rotatable bonds is 3. The number of nitrogens with one attached hydrogen (secondary N) is 1. The van der Waals surface area contributed by atoms with E-state index in [0.29, 0.717) is 16.9 Å². The summed E-state index contributed by atoms with van der Waals surface area (Å²) in [5.74, 6) is -0.292. The topological polar surface area (TPSA) is 80.9 Å². The van der Waals surface area contributed by atoms with E-state index < -0.39 is 0 Å². The molecule has 0 aliphatic rings. The van der Waals surface area contributed by atoms with Crippen LogP contribution in [0.2, 0.25) is 0 Å². The smallest absolute Gasteiger partial charge is 0.274 e. The third-order valence-electron chi connectivity index (χ3n) is 2.44. The van der Waals surface area contributed by atoms with Crippen LogP contribution in [0.15, 0.2) is 36.7 Å². The van der Waals surface area contributed by atoms with Crippen LogP contribution in [-0.2, 0) is 0 Å². The molecule has 2 aromatic heterocycles. The Morgan fingerprint density at radius 3 is 2.68 bits per heavy atom. The van der Waals surface area contributed by atoms with Crippen LogP contribution >= 0.6 is 12.2 Å². The van der Waals surface area contributed by atoms with Gasteiger partial charge in [-0.15, -0.1) is 0 Å². The normalized spacial score (nSPS) is 9.95. The Kier molecular flexibility index (Phi) is 3.82. The first-order valence-corrected chi connectivity index (χ1v) is 5.97. The summed E-state index contributed by atoms with van der Waals surface area (Å²) in [6, 6.07) is 6.75. The van der Waals surface area contributed by atoms with Crippen LogP contribution < -0.4 is 11.1 Å². The number of hydrogen-bond acceptors (Lipinski definition) is 4. The van der Waals surface area contributed by atoms with E-state index in [1.165, 1.54) is 6.20 Å². The minimum absolute atomic E-state index is 0.254. The van der Waals surface area contributed by atoms with E-state index in [-0.39, 0.29) is 10.9 Å². The number of carbonyl (C=O) groups excluding carboxylic acids is 1. The van der Waals surface area contributed by atoms with E-state index in [4.69, 9.17) is 18.0 Å². The van der Waals surface area contributed by atoms with Crippen LogP contribution in [0.1, 0.15) is 21.7 Å². The Morgan fingerprint density at radius 2 is 2.11 bits per heavy atom. The standard InChI is InChI=1S/C13H12N4OS/c1-8-6-10(4-5-15-8)17-13(18)11-3-2-9(7-16-11)12(14)19/h2-7H,1H3,(H2,14,19)(H,15,17,18). The van der Waals surface area contributed by atoms with E-state index in [1.807, 2.05) is 6.92 Å². The minimum atomic E-state index is -0.292. The fourth-order valence-corrected chi connectivity index (χ4v) is 1.61. The summed E-state index contributed by atoms with van der Waals surface area (Å²) in [5.41, 5.74) is 7.90. The first kappa shape index (κ1) is 13.1. The predicted octanol–water partition coefficient (Wildman–Crippen LogP) is 1.67. The molecule has 2 rings (SSSR count). The number of amides is 1. The largest absolute Gasteiger partial charge is 0.389 e. The number of pyridine rings is 2. The van der Waals surface area contributed by atoms with Gasteiger partial charge in [0.15, 0.2) is 0 Å². The Balaban J connectivity index is 2.14. The molecule has 0 radical (unpaired) electrons. The highest BCUT2D eigenvalue weighted by Gasteiger charge is 2.08. The number of aryl methyl sites for hydroxylation is 1. The highest BCUT2D eigenvalue weighted by atomic mass is 32.1. The van der Waals surface area contributed by atoms with Crippen LogP contribution in [0, 0.1) is 6.92 Å². The lowest BCUT2D eigenvalue weighted by atomic mass is 10.2. The number of thiocarbonyl (C=S) groups is 1. The summed E-state index contributed by atoms with van der Waals surface area (Å²) in [6.07, 6.45) is 3.11. The zero-order chi connectivity index (χ0) is 13.8. The molecule has 0 bridgehead atoms. The van der Waals surface area contributed by atoms with Crippen LogP contribution in [-0.4, -0.2) is 20.9 Å². The second-order valence-electron chi connectivity index (χ2n) is 3.94. The zero-order valence-corrected chi connectivity index (χ0v) is 11.1. The molecule has 0 unspecified atom stereocenters. The molecule has 6 heteroatoms. The van der Waals surface area contributed by atoms with Gasteiger partial charge < -0.3 is 11.1 Å². The van der Waals surface area contributed by atoms with Gasteiger partial charge in [0, 0.05) is 29.3 Å². The van der Waals surface area contributed by atoms with Crippen molar-refractivity contribution in [2.75, 3.05) is 5.32 Å². The Labute approximate surface area is 115 Å². The highest BCUT2D eigenvalue weighted by molar-refractivity contribution is 7.80. The summed E-state index contributed by atoms with van der Waals surface area (Å²) in [5, 5.41) is 2.74. The van der Waals surface area contributed by atoms with Crippen molar-refractivity contribution in [3.8, 4) is 0 Å². The van der Waals surface area contributed by atoms with Crippen LogP contribution in [0.5, 0.6) is 0 Å². The summed E-state index contributed by atoms with van der Waals surface area (Å²) < 4.78 is 0. The van der Waals surface area contributed by atoms with Gasteiger partial charge in [0.2, 0.25) is 0 Å². The van der Waals surface area contributed by atoms with Crippen LogP contribution in [0.3, 0.4) is 0 Å². The van der Waals surface area contributed by atoms with Crippen LogP contribution in [0.4, 0.5) is 5.69 Å². The van der Waals surface area contributed by atoms with Gasteiger partial charge in [-0.1, -0.05) is 12.2 Å². The van der Waals surface area contributed by atoms with Crippen molar-refractivity contribution in [1.82, 2.24) is 9.97 Å². The molecule has 19 heavy (non-hydrogen) atoms. The maximum Gasteiger partial charge on any atom is 0.274 e. The number of carbonyl (C=O) groups is 1. The van der Waals surface area contributed by atoms with Crippen molar-refractivity contribution < 1.29 is 4.79 Å². The number of anilines is 1. The molecular formula is C13H12N4OS. The third kappa shape index (κ3) is 3.32. The van der Waals surface area contributed by atoms with Gasteiger partial charge in [-0.25, -0.2) is 0 Å². The second-order valence-corrected chi connectivity index (χ2v) is 4.38. The highest BCUT2D eigenvalue weighted by Crippen LogP contribution is 2.09. The monoisotopic (exact) mass is 272 g/mol. The number of nitrogens with zero attached hydrogens (tertiary/aromatic N) is 2. The lowest BCUT2D eigenvalue weighted by molar-refractivity contribution is 0.102. The van der Waals surface area contributed by atoms with Gasteiger partial charge in [-0.3, -0.25) is 14.8 Å². The molecule has 0 aliphatic carbocycles. The molecule has 3 N–H and O–H groups in total. The summed E-state index contributed by atoms with van der Waals surface area (Å²) in [6.45, 7) is 1.85. The maximum absolute atomic E-state index is 11.9. The van der Waals surface area contributed by atoms with Gasteiger partial charge in [-0.05, 0) is 31.2 Å². The average Bonchev–Trinajstić information content (AvgIpc) is 2.39. The van der Waals surface area contributed by atoms with Gasteiger partial charge in [0.25, 0.3) is 5.91 Å². The fraction of sp³-hybridized carbons (Fsp3) is 0.0769. The van der Waals surface area contributed by atoms with Crippen molar-refractivity contribution in [2.45, 2.75) is 6.92 Å². The predicted molar refractivity (Wildman–Crippen MR) is 77.1 cm³/mol. The summed E-state index contributed by atoms with van der Waals surface area (Å²) in [4.78, 5) is 20.3. The number of aromatic nitrogens is 2. The minimum Gasteiger partial charge on any atom is -0.389 e. The zero-order valence-electron chi connectivity index (χ0n) is 10.3. The van der Waals surface area contributed by atoms with Gasteiger partial charge in [0.05, 0.1) is 0 Å². The molecule has 0 saturated carbocycles. The first-order chi connectivity index (χ1) is 9.06. The average molecular weight is 272 g/mol. The second kappa shape index (κ2) is 5.53. The molecule has 0 aliphatic heterocycles. The Morgan fingerprint density at radius 1 is 1.32 bits per heavy atom. The van der Waals surface area contributed by atoms with Crippen LogP contribution in [0.25, 0.3) is 0 Å². The molecule has 0 spiro atoms. The number of hydrogen-bond donors (Lipinski definition) is 2. The summed E-state index contributed by atoms with van der Waals surface area (Å²) in [7, 11) is 0. The molecular weight excluding hydrogens is 260 g/mol. The lowest BCUT2D eigenvalue weighted by Gasteiger charge is -2.05. The third-order valence-corrected chi connectivity index (χ3v) is 2.67. The van der Waals surface area contributed by atoms with Crippen molar-refractivity contribution >= 4 is 28.8 Å². The molecule has 2 heterocycles. The Bertz CT molecular complexity index is 625.